The minimum absolute atomic E-state index is 0.0529. The fraction of sp³-hybridized carbons (Fsp3) is 0.667. The predicted octanol–water partition coefficient (Wildman–Crippen LogP) is 1.44. The van der Waals surface area contributed by atoms with Crippen molar-refractivity contribution in [2.24, 2.45) is 5.73 Å². The highest BCUT2D eigenvalue weighted by Gasteiger charge is 2.15. The van der Waals surface area contributed by atoms with Gasteiger partial charge >= 0.3 is 0 Å². The SMILES string of the molecule is CC[C@@H](OC)[C@H](N)Cc1cscn1. The molecule has 0 spiro atoms. The van der Waals surface area contributed by atoms with Crippen LogP contribution in [0.3, 0.4) is 0 Å². The number of thiazole rings is 1. The van der Waals surface area contributed by atoms with Gasteiger partial charge in [-0.15, -0.1) is 11.3 Å². The fourth-order valence-electron chi connectivity index (χ4n) is 1.36. The third-order valence-corrected chi connectivity index (χ3v) is 2.75. The Morgan fingerprint density at radius 3 is 2.92 bits per heavy atom. The smallest absolute Gasteiger partial charge is 0.0794 e. The first-order valence-electron chi connectivity index (χ1n) is 4.43. The van der Waals surface area contributed by atoms with E-state index in [1.807, 2.05) is 10.9 Å². The van der Waals surface area contributed by atoms with Gasteiger partial charge in [-0.3, -0.25) is 0 Å². The molecule has 0 aliphatic rings. The quantitative estimate of drug-likeness (QED) is 0.782. The highest BCUT2D eigenvalue weighted by Crippen LogP contribution is 2.08. The third kappa shape index (κ3) is 3.06. The molecule has 2 N–H and O–H groups in total. The van der Waals surface area contributed by atoms with Crippen LogP contribution < -0.4 is 5.73 Å². The number of methoxy groups -OCH3 is 1. The summed E-state index contributed by atoms with van der Waals surface area (Å²) in [7, 11) is 1.70. The van der Waals surface area contributed by atoms with Crippen LogP contribution in [0.2, 0.25) is 0 Å². The Morgan fingerprint density at radius 1 is 1.69 bits per heavy atom. The Bertz CT molecular complexity index is 222. The van der Waals surface area contributed by atoms with Gasteiger partial charge in [-0.2, -0.15) is 0 Å². The van der Waals surface area contributed by atoms with Crippen LogP contribution in [-0.4, -0.2) is 24.2 Å². The highest BCUT2D eigenvalue weighted by atomic mass is 32.1. The van der Waals surface area contributed by atoms with E-state index in [2.05, 4.69) is 11.9 Å². The maximum absolute atomic E-state index is 5.97. The number of hydrogen-bond acceptors (Lipinski definition) is 4. The van der Waals surface area contributed by atoms with Crippen molar-refractivity contribution >= 4 is 11.3 Å². The van der Waals surface area contributed by atoms with Crippen LogP contribution in [0, 0.1) is 0 Å². The largest absolute Gasteiger partial charge is 0.380 e. The van der Waals surface area contributed by atoms with Gasteiger partial charge in [-0.25, -0.2) is 4.98 Å². The van der Waals surface area contributed by atoms with E-state index >= 15 is 0 Å². The number of hydrogen-bond donors (Lipinski definition) is 1. The zero-order valence-electron chi connectivity index (χ0n) is 8.06. The van der Waals surface area contributed by atoms with Gasteiger partial charge in [-0.1, -0.05) is 6.92 Å². The van der Waals surface area contributed by atoms with Crippen LogP contribution >= 0.6 is 11.3 Å². The van der Waals surface area contributed by atoms with Crippen molar-refractivity contribution in [3.63, 3.8) is 0 Å². The van der Waals surface area contributed by atoms with Crippen LogP contribution in [-0.2, 0) is 11.2 Å². The van der Waals surface area contributed by atoms with E-state index in [-0.39, 0.29) is 12.1 Å². The minimum Gasteiger partial charge on any atom is -0.380 e. The van der Waals surface area contributed by atoms with Crippen molar-refractivity contribution < 1.29 is 4.74 Å². The molecular formula is C9H16N2OS. The zero-order valence-corrected chi connectivity index (χ0v) is 8.88. The summed E-state index contributed by atoms with van der Waals surface area (Å²) < 4.78 is 5.26. The first kappa shape index (κ1) is 10.6. The molecule has 0 aliphatic carbocycles. The lowest BCUT2D eigenvalue weighted by atomic mass is 10.1. The average molecular weight is 200 g/mol. The third-order valence-electron chi connectivity index (χ3n) is 2.11. The van der Waals surface area contributed by atoms with E-state index in [1.54, 1.807) is 18.4 Å². The molecule has 1 aromatic heterocycles. The number of nitrogens with zero attached hydrogens (tertiary/aromatic N) is 1. The lowest BCUT2D eigenvalue weighted by molar-refractivity contribution is 0.0771. The molecule has 0 aromatic carbocycles. The van der Waals surface area contributed by atoms with Crippen LogP contribution in [0.15, 0.2) is 10.9 Å². The summed E-state index contributed by atoms with van der Waals surface area (Å²) in [6.45, 7) is 2.08. The second-order valence-corrected chi connectivity index (χ2v) is 3.75. The monoisotopic (exact) mass is 200 g/mol. The normalized spacial score (nSPS) is 15.6. The second-order valence-electron chi connectivity index (χ2n) is 3.03. The second kappa shape index (κ2) is 5.32. The number of aromatic nitrogens is 1. The summed E-state index contributed by atoms with van der Waals surface area (Å²) in [5.41, 5.74) is 8.86. The van der Waals surface area contributed by atoms with Gasteiger partial charge in [0.25, 0.3) is 0 Å². The van der Waals surface area contributed by atoms with Gasteiger partial charge in [0.2, 0.25) is 0 Å². The van der Waals surface area contributed by atoms with Crippen molar-refractivity contribution in [1.29, 1.82) is 0 Å². The molecule has 0 radical (unpaired) electrons. The Balaban J connectivity index is 2.44. The van der Waals surface area contributed by atoms with Gasteiger partial charge in [0.1, 0.15) is 0 Å². The van der Waals surface area contributed by atoms with E-state index in [0.29, 0.717) is 0 Å². The molecule has 1 heterocycles. The van der Waals surface area contributed by atoms with Gasteiger partial charge in [-0.05, 0) is 6.42 Å². The van der Waals surface area contributed by atoms with E-state index in [0.717, 1.165) is 18.5 Å². The predicted molar refractivity (Wildman–Crippen MR) is 54.9 cm³/mol. The molecule has 0 aliphatic heterocycles. The molecule has 0 fully saturated rings. The van der Waals surface area contributed by atoms with Crippen LogP contribution in [0.4, 0.5) is 0 Å². The maximum atomic E-state index is 5.97. The molecule has 0 saturated carbocycles. The topological polar surface area (TPSA) is 48.1 Å². The molecule has 0 amide bonds. The molecular weight excluding hydrogens is 184 g/mol. The zero-order chi connectivity index (χ0) is 9.68. The molecule has 0 bridgehead atoms. The molecule has 1 aromatic rings. The summed E-state index contributed by atoms with van der Waals surface area (Å²) in [6.07, 6.45) is 1.89. The standard InChI is InChI=1S/C9H16N2OS/c1-3-9(12-2)8(10)4-7-5-13-6-11-7/h5-6,8-9H,3-4,10H2,1-2H3/t8-,9-/m1/s1. The average Bonchev–Trinajstić information content (AvgIpc) is 2.59. The Hall–Kier alpha value is -0.450. The van der Waals surface area contributed by atoms with Gasteiger partial charge in [0, 0.05) is 25.0 Å². The molecule has 13 heavy (non-hydrogen) atoms. The minimum atomic E-state index is 0.0529. The maximum Gasteiger partial charge on any atom is 0.0794 e. The van der Waals surface area contributed by atoms with E-state index in [4.69, 9.17) is 10.5 Å². The number of rotatable bonds is 5. The van der Waals surface area contributed by atoms with E-state index in [9.17, 15) is 0 Å². The molecule has 2 atom stereocenters. The lowest BCUT2D eigenvalue weighted by Gasteiger charge is -2.20. The van der Waals surface area contributed by atoms with Crippen LogP contribution in [0.1, 0.15) is 19.0 Å². The number of ether oxygens (including phenoxy) is 1. The summed E-state index contributed by atoms with van der Waals surface area (Å²) in [5.74, 6) is 0. The first-order chi connectivity index (χ1) is 6.27. The van der Waals surface area contributed by atoms with Crippen molar-refractivity contribution in [2.45, 2.75) is 31.9 Å². The van der Waals surface area contributed by atoms with Crippen molar-refractivity contribution in [1.82, 2.24) is 4.98 Å². The number of nitrogens with two attached hydrogens (primary N) is 1. The Labute approximate surface area is 82.9 Å². The lowest BCUT2D eigenvalue weighted by Crippen LogP contribution is -2.37. The molecule has 1 rings (SSSR count). The van der Waals surface area contributed by atoms with Crippen molar-refractivity contribution in [2.75, 3.05) is 7.11 Å². The van der Waals surface area contributed by atoms with Crippen LogP contribution in [0.25, 0.3) is 0 Å². The molecule has 0 saturated heterocycles. The summed E-state index contributed by atoms with van der Waals surface area (Å²) in [6, 6.07) is 0.0529. The van der Waals surface area contributed by atoms with Crippen LogP contribution in [0.5, 0.6) is 0 Å². The summed E-state index contributed by atoms with van der Waals surface area (Å²) in [5, 5.41) is 2.03. The van der Waals surface area contributed by atoms with E-state index < -0.39 is 0 Å². The molecule has 74 valence electrons. The van der Waals surface area contributed by atoms with Gasteiger partial charge in [0.05, 0.1) is 17.3 Å². The highest BCUT2D eigenvalue weighted by molar-refractivity contribution is 7.07. The molecule has 4 heteroatoms. The first-order valence-corrected chi connectivity index (χ1v) is 5.37. The molecule has 3 nitrogen and oxygen atoms in total. The summed E-state index contributed by atoms with van der Waals surface area (Å²) in [4.78, 5) is 4.19. The van der Waals surface area contributed by atoms with Gasteiger partial charge < -0.3 is 10.5 Å². The van der Waals surface area contributed by atoms with E-state index in [1.165, 1.54) is 0 Å². The molecule has 0 unspecified atom stereocenters. The summed E-state index contributed by atoms with van der Waals surface area (Å²) >= 11 is 1.60. The van der Waals surface area contributed by atoms with Crippen molar-refractivity contribution in [3.05, 3.63) is 16.6 Å². The fourth-order valence-corrected chi connectivity index (χ4v) is 1.93. The van der Waals surface area contributed by atoms with Gasteiger partial charge in [0.15, 0.2) is 0 Å². The Morgan fingerprint density at radius 2 is 2.46 bits per heavy atom. The van der Waals surface area contributed by atoms with Crippen molar-refractivity contribution in [3.8, 4) is 0 Å². The Kier molecular flexibility index (Phi) is 4.35.